The maximum Gasteiger partial charge on any atom is 0.407 e. The number of ether oxygens (including phenoxy) is 1. The monoisotopic (exact) mass is 280 g/mol. The Balaban J connectivity index is 2.29. The third-order valence-corrected chi connectivity index (χ3v) is 3.25. The van der Waals surface area contributed by atoms with Crippen molar-refractivity contribution in [3.8, 4) is 11.8 Å². The van der Waals surface area contributed by atoms with Crippen molar-refractivity contribution >= 4 is 6.09 Å². The minimum Gasteiger partial charge on any atom is -0.444 e. The van der Waals surface area contributed by atoms with Crippen LogP contribution in [-0.2, 0) is 4.74 Å². The average molecular weight is 280 g/mol. The highest BCUT2D eigenvalue weighted by Gasteiger charge is 2.24. The summed E-state index contributed by atoms with van der Waals surface area (Å²) in [4.78, 5) is 11.8. The highest BCUT2D eigenvalue weighted by molar-refractivity contribution is 5.68. The van der Waals surface area contributed by atoms with Crippen molar-refractivity contribution in [3.05, 3.63) is 0 Å². The molecule has 1 amide bonds. The first kappa shape index (κ1) is 16.8. The Morgan fingerprint density at radius 2 is 2.00 bits per heavy atom. The normalized spacial score (nSPS) is 22.6. The summed E-state index contributed by atoms with van der Waals surface area (Å²) in [5.41, 5.74) is -0.435. The third-order valence-electron chi connectivity index (χ3n) is 3.25. The Kier molecular flexibility index (Phi) is 6.87. The van der Waals surface area contributed by atoms with Crippen molar-refractivity contribution in [2.45, 2.75) is 77.5 Å². The Labute approximate surface area is 123 Å². The van der Waals surface area contributed by atoms with E-state index < -0.39 is 5.60 Å². The summed E-state index contributed by atoms with van der Waals surface area (Å²) >= 11 is 0. The number of hydrogen-bond acceptors (Lipinski definition) is 3. The van der Waals surface area contributed by atoms with Gasteiger partial charge in [0.25, 0.3) is 0 Å². The number of hydrogen-bond donors (Lipinski definition) is 2. The van der Waals surface area contributed by atoms with E-state index in [-0.39, 0.29) is 12.1 Å². The van der Waals surface area contributed by atoms with E-state index in [2.05, 4.69) is 22.5 Å². The Morgan fingerprint density at radius 3 is 2.65 bits per heavy atom. The number of nitrogens with one attached hydrogen (secondary N) is 2. The second-order valence-corrected chi connectivity index (χ2v) is 6.34. The fraction of sp³-hybridized carbons (Fsp3) is 0.812. The van der Waals surface area contributed by atoms with Gasteiger partial charge in [-0.3, -0.25) is 0 Å². The molecule has 2 atom stereocenters. The molecule has 0 aromatic heterocycles. The van der Waals surface area contributed by atoms with Crippen LogP contribution in [0.1, 0.15) is 59.8 Å². The van der Waals surface area contributed by atoms with Crippen LogP contribution >= 0.6 is 0 Å². The summed E-state index contributed by atoms with van der Waals surface area (Å²) in [7, 11) is 0. The topological polar surface area (TPSA) is 50.4 Å². The van der Waals surface area contributed by atoms with Gasteiger partial charge in [0, 0.05) is 25.0 Å². The molecule has 1 rings (SSSR count). The molecular weight excluding hydrogens is 252 g/mol. The molecule has 0 aromatic carbocycles. The van der Waals surface area contributed by atoms with Gasteiger partial charge in [0.2, 0.25) is 0 Å². The van der Waals surface area contributed by atoms with Gasteiger partial charge in [-0.25, -0.2) is 4.79 Å². The van der Waals surface area contributed by atoms with Crippen LogP contribution in [0.5, 0.6) is 0 Å². The fourth-order valence-corrected chi connectivity index (χ4v) is 2.44. The molecule has 4 nitrogen and oxygen atoms in total. The molecule has 4 heteroatoms. The van der Waals surface area contributed by atoms with E-state index in [0.717, 1.165) is 32.2 Å². The van der Waals surface area contributed by atoms with Gasteiger partial charge >= 0.3 is 6.09 Å². The second-order valence-electron chi connectivity index (χ2n) is 6.34. The lowest BCUT2D eigenvalue weighted by Crippen LogP contribution is -2.45. The minimum atomic E-state index is -0.435. The number of carbonyl (C=O) groups is 1. The van der Waals surface area contributed by atoms with E-state index in [1.807, 2.05) is 27.7 Å². The molecule has 1 aliphatic carbocycles. The summed E-state index contributed by atoms with van der Waals surface area (Å²) in [6, 6.07) is 0.690. The molecule has 0 bridgehead atoms. The van der Waals surface area contributed by atoms with Gasteiger partial charge in [0.15, 0.2) is 0 Å². The maximum atomic E-state index is 11.8. The molecule has 2 N–H and O–H groups in total. The lowest BCUT2D eigenvalue weighted by molar-refractivity contribution is 0.0489. The van der Waals surface area contributed by atoms with Crippen LogP contribution in [0.15, 0.2) is 0 Å². The highest BCUT2D eigenvalue weighted by Crippen LogP contribution is 2.19. The van der Waals surface area contributed by atoms with Crippen molar-refractivity contribution in [2.24, 2.45) is 0 Å². The first-order chi connectivity index (χ1) is 9.40. The van der Waals surface area contributed by atoms with Crippen molar-refractivity contribution in [2.75, 3.05) is 6.54 Å². The molecule has 1 aliphatic rings. The summed E-state index contributed by atoms with van der Waals surface area (Å²) in [5, 5.41) is 6.49. The molecule has 0 spiro atoms. The van der Waals surface area contributed by atoms with E-state index in [1.165, 1.54) is 6.42 Å². The molecule has 0 radical (unpaired) electrons. The van der Waals surface area contributed by atoms with Gasteiger partial charge in [0.1, 0.15) is 5.60 Å². The molecule has 114 valence electrons. The van der Waals surface area contributed by atoms with E-state index in [1.54, 1.807) is 0 Å². The predicted molar refractivity (Wildman–Crippen MR) is 81.5 cm³/mol. The maximum absolute atomic E-state index is 11.8. The zero-order chi connectivity index (χ0) is 15.0. The lowest BCUT2D eigenvalue weighted by Gasteiger charge is -2.31. The van der Waals surface area contributed by atoms with Crippen LogP contribution in [0.3, 0.4) is 0 Å². The predicted octanol–water partition coefficient (Wildman–Crippen LogP) is 2.83. The van der Waals surface area contributed by atoms with Crippen molar-refractivity contribution in [3.63, 3.8) is 0 Å². The van der Waals surface area contributed by atoms with Crippen LogP contribution < -0.4 is 10.6 Å². The first-order valence-electron chi connectivity index (χ1n) is 7.53. The molecule has 0 heterocycles. The summed E-state index contributed by atoms with van der Waals surface area (Å²) in [6.45, 7) is 8.43. The lowest BCUT2D eigenvalue weighted by atomic mass is 9.91. The van der Waals surface area contributed by atoms with Crippen LogP contribution in [0.4, 0.5) is 4.79 Å². The molecule has 20 heavy (non-hydrogen) atoms. The van der Waals surface area contributed by atoms with Gasteiger partial charge in [-0.05, 0) is 53.4 Å². The zero-order valence-electron chi connectivity index (χ0n) is 13.2. The van der Waals surface area contributed by atoms with Gasteiger partial charge in [-0.15, -0.1) is 11.8 Å². The fourth-order valence-electron chi connectivity index (χ4n) is 2.44. The third kappa shape index (κ3) is 7.40. The van der Waals surface area contributed by atoms with Crippen LogP contribution in [0, 0.1) is 11.8 Å². The van der Waals surface area contributed by atoms with E-state index >= 15 is 0 Å². The summed E-state index contributed by atoms with van der Waals surface area (Å²) < 4.78 is 5.30. The molecule has 0 saturated heterocycles. The second kappa shape index (κ2) is 8.16. The first-order valence-corrected chi connectivity index (χ1v) is 7.53. The van der Waals surface area contributed by atoms with Gasteiger partial charge in [-0.1, -0.05) is 0 Å². The number of alkyl carbamates (subject to hydrolysis) is 1. The molecule has 1 fully saturated rings. The van der Waals surface area contributed by atoms with Crippen LogP contribution in [0.25, 0.3) is 0 Å². The quantitative estimate of drug-likeness (QED) is 0.615. The number of carbonyl (C=O) groups excluding carboxylic acids is 1. The largest absolute Gasteiger partial charge is 0.444 e. The van der Waals surface area contributed by atoms with Crippen molar-refractivity contribution in [1.29, 1.82) is 0 Å². The van der Waals surface area contributed by atoms with Crippen molar-refractivity contribution in [1.82, 2.24) is 10.6 Å². The molecular formula is C16H28N2O2. The highest BCUT2D eigenvalue weighted by atomic mass is 16.6. The molecule has 1 saturated carbocycles. The van der Waals surface area contributed by atoms with E-state index in [9.17, 15) is 4.79 Å². The van der Waals surface area contributed by atoms with Crippen LogP contribution in [0.2, 0.25) is 0 Å². The molecule has 2 unspecified atom stereocenters. The van der Waals surface area contributed by atoms with E-state index in [0.29, 0.717) is 6.04 Å². The standard InChI is InChI=1S/C16H28N2O2/c1-5-6-7-11-17-13-9-8-10-14(12-13)18-15(19)20-16(2,3)4/h13-14,17H,7-12H2,1-4H3,(H,18,19). The van der Waals surface area contributed by atoms with Gasteiger partial charge in [-0.2, -0.15) is 0 Å². The smallest absolute Gasteiger partial charge is 0.407 e. The van der Waals surface area contributed by atoms with Crippen molar-refractivity contribution < 1.29 is 9.53 Å². The van der Waals surface area contributed by atoms with Gasteiger partial charge in [0.05, 0.1) is 0 Å². The zero-order valence-corrected chi connectivity index (χ0v) is 13.2. The molecule has 0 aromatic rings. The van der Waals surface area contributed by atoms with E-state index in [4.69, 9.17) is 4.74 Å². The number of amides is 1. The average Bonchev–Trinajstić information content (AvgIpc) is 2.32. The number of rotatable bonds is 4. The Bertz CT molecular complexity index is 363. The van der Waals surface area contributed by atoms with Gasteiger partial charge < -0.3 is 15.4 Å². The Hall–Kier alpha value is -1.21. The minimum absolute atomic E-state index is 0.216. The SMILES string of the molecule is CC#CCCNC1CCCC(NC(=O)OC(C)(C)C)C1. The summed E-state index contributed by atoms with van der Waals surface area (Å²) in [6.07, 6.45) is 4.89. The summed E-state index contributed by atoms with van der Waals surface area (Å²) in [5.74, 6) is 5.95. The Morgan fingerprint density at radius 1 is 1.30 bits per heavy atom. The van der Waals surface area contributed by atoms with Crippen LogP contribution in [-0.4, -0.2) is 30.3 Å². The molecule has 0 aliphatic heterocycles.